The van der Waals surface area contributed by atoms with Crippen LogP contribution in [0.25, 0.3) is 15.7 Å². The Hall–Kier alpha value is -2.46. The maximum atomic E-state index is 12.3. The van der Waals surface area contributed by atoms with Crippen LogP contribution < -0.4 is 0 Å². The minimum absolute atomic E-state index is 0.340. The van der Waals surface area contributed by atoms with Crippen molar-refractivity contribution in [1.29, 1.82) is 0 Å². The lowest BCUT2D eigenvalue weighted by Gasteiger charge is -2.12. The molecule has 0 aliphatic carbocycles. The average molecular weight is 309 g/mol. The molecule has 0 saturated carbocycles. The number of rotatable bonds is 3. The number of nitrogens with zero attached hydrogens (tertiary/aromatic N) is 1. The molecule has 0 unspecified atom stereocenters. The number of methoxy groups -OCH3 is 1. The Morgan fingerprint density at radius 1 is 1.32 bits per heavy atom. The molecule has 0 aliphatic heterocycles. The third kappa shape index (κ3) is 2.31. The Balaban J connectivity index is 2.25. The highest BCUT2D eigenvalue weighted by Crippen LogP contribution is 2.35. The molecule has 0 spiro atoms. The maximum absolute atomic E-state index is 12.3. The van der Waals surface area contributed by atoms with E-state index in [0.717, 1.165) is 32.3 Å². The summed E-state index contributed by atoms with van der Waals surface area (Å²) in [4.78, 5) is 16.4. The number of aromatic nitrogens is 1. The highest BCUT2D eigenvalue weighted by atomic mass is 32.1. The fourth-order valence-corrected chi connectivity index (χ4v) is 3.57. The predicted octanol–water partition coefficient (Wildman–Crippen LogP) is 4.45. The molecule has 0 radical (unpaired) electrons. The van der Waals surface area contributed by atoms with Gasteiger partial charge in [-0.3, -0.25) is 4.98 Å². The Labute approximate surface area is 132 Å². The topological polar surface area (TPSA) is 39.2 Å². The van der Waals surface area contributed by atoms with E-state index in [4.69, 9.17) is 4.74 Å². The summed E-state index contributed by atoms with van der Waals surface area (Å²) in [6, 6.07) is 7.75. The monoisotopic (exact) mass is 309 g/mol. The van der Waals surface area contributed by atoms with Gasteiger partial charge >= 0.3 is 5.97 Å². The van der Waals surface area contributed by atoms with Gasteiger partial charge in [0.1, 0.15) is 0 Å². The lowest BCUT2D eigenvalue weighted by molar-refractivity contribution is 0.0603. The molecule has 1 aromatic carbocycles. The molecule has 2 heterocycles. The van der Waals surface area contributed by atoms with Crippen LogP contribution in [0.3, 0.4) is 0 Å². The van der Waals surface area contributed by atoms with Gasteiger partial charge in [-0.1, -0.05) is 24.8 Å². The molecule has 0 amide bonds. The Kier molecular flexibility index (Phi) is 3.77. The Bertz CT molecular complexity index is 865. The molecule has 0 fully saturated rings. The van der Waals surface area contributed by atoms with E-state index in [1.165, 1.54) is 7.11 Å². The third-order valence-corrected chi connectivity index (χ3v) is 4.79. The number of carbonyl (C=O) groups is 1. The van der Waals surface area contributed by atoms with Crippen molar-refractivity contribution in [2.24, 2.45) is 0 Å². The molecule has 0 bridgehead atoms. The number of ether oxygens (including phenoxy) is 1. The normalized spacial score (nSPS) is 10.6. The summed E-state index contributed by atoms with van der Waals surface area (Å²) in [5.41, 5.74) is 4.17. The smallest absolute Gasteiger partial charge is 0.339 e. The van der Waals surface area contributed by atoms with Crippen LogP contribution in [-0.2, 0) is 4.74 Å². The van der Waals surface area contributed by atoms with Crippen molar-refractivity contribution in [2.75, 3.05) is 7.11 Å². The number of pyridine rings is 1. The quantitative estimate of drug-likeness (QED) is 0.671. The molecular weight excluding hydrogens is 294 g/mol. The van der Waals surface area contributed by atoms with Crippen LogP contribution in [0.15, 0.2) is 48.6 Å². The largest absolute Gasteiger partial charge is 0.465 e. The molecule has 3 rings (SSSR count). The maximum Gasteiger partial charge on any atom is 0.339 e. The molecule has 3 aromatic rings. The standard InChI is InChI=1S/C18H15NO2S/c1-11-10-22-17-14(11)6-7-15(16(17)18(20)21-3)12(2)13-5-4-8-19-9-13/h4-10H,2H2,1,3H3. The van der Waals surface area contributed by atoms with Gasteiger partial charge < -0.3 is 4.74 Å². The van der Waals surface area contributed by atoms with Crippen molar-refractivity contribution in [3.05, 3.63) is 70.9 Å². The minimum Gasteiger partial charge on any atom is -0.465 e. The summed E-state index contributed by atoms with van der Waals surface area (Å²) in [7, 11) is 1.40. The van der Waals surface area contributed by atoms with Crippen molar-refractivity contribution < 1.29 is 9.53 Å². The fraction of sp³-hybridized carbons (Fsp3) is 0.111. The first-order chi connectivity index (χ1) is 10.6. The molecular formula is C18H15NO2S. The molecule has 110 valence electrons. The predicted molar refractivity (Wildman–Crippen MR) is 90.3 cm³/mol. The van der Waals surface area contributed by atoms with Crippen LogP contribution in [0.5, 0.6) is 0 Å². The van der Waals surface area contributed by atoms with Crippen molar-refractivity contribution in [2.45, 2.75) is 6.92 Å². The zero-order valence-corrected chi connectivity index (χ0v) is 13.2. The van der Waals surface area contributed by atoms with Gasteiger partial charge in [0.15, 0.2) is 0 Å². The van der Waals surface area contributed by atoms with Gasteiger partial charge in [-0.25, -0.2) is 4.79 Å². The fourth-order valence-electron chi connectivity index (χ4n) is 2.48. The molecule has 0 saturated heterocycles. The van der Waals surface area contributed by atoms with E-state index in [9.17, 15) is 4.79 Å². The van der Waals surface area contributed by atoms with E-state index in [1.54, 1.807) is 23.7 Å². The van der Waals surface area contributed by atoms with E-state index in [0.29, 0.717) is 5.56 Å². The number of esters is 1. The highest BCUT2D eigenvalue weighted by molar-refractivity contribution is 7.17. The molecule has 22 heavy (non-hydrogen) atoms. The van der Waals surface area contributed by atoms with Crippen LogP contribution in [0.2, 0.25) is 0 Å². The first-order valence-electron chi connectivity index (χ1n) is 6.82. The first kappa shape index (κ1) is 14.5. The minimum atomic E-state index is -0.340. The summed E-state index contributed by atoms with van der Waals surface area (Å²) in [6.07, 6.45) is 3.46. The number of fused-ring (bicyclic) bond motifs is 1. The van der Waals surface area contributed by atoms with Gasteiger partial charge in [0.05, 0.1) is 12.7 Å². The van der Waals surface area contributed by atoms with Crippen LogP contribution in [-0.4, -0.2) is 18.1 Å². The Morgan fingerprint density at radius 2 is 2.14 bits per heavy atom. The number of hydrogen-bond acceptors (Lipinski definition) is 4. The zero-order valence-electron chi connectivity index (χ0n) is 12.4. The third-order valence-electron chi connectivity index (χ3n) is 3.66. The van der Waals surface area contributed by atoms with Gasteiger partial charge in [-0.2, -0.15) is 0 Å². The molecule has 4 heteroatoms. The van der Waals surface area contributed by atoms with Crippen molar-refractivity contribution in [3.63, 3.8) is 0 Å². The van der Waals surface area contributed by atoms with Crippen LogP contribution >= 0.6 is 11.3 Å². The van der Waals surface area contributed by atoms with Gasteiger partial charge in [0, 0.05) is 22.7 Å². The van der Waals surface area contributed by atoms with Gasteiger partial charge in [-0.05, 0) is 40.5 Å². The molecule has 0 N–H and O–H groups in total. The summed E-state index contributed by atoms with van der Waals surface area (Å²) in [6.45, 7) is 6.18. The van der Waals surface area contributed by atoms with Gasteiger partial charge in [0.25, 0.3) is 0 Å². The van der Waals surface area contributed by atoms with E-state index in [1.807, 2.05) is 36.6 Å². The van der Waals surface area contributed by atoms with Crippen LogP contribution in [0.1, 0.15) is 27.0 Å². The lowest BCUT2D eigenvalue weighted by atomic mass is 9.94. The summed E-state index contributed by atoms with van der Waals surface area (Å²) in [5, 5.41) is 3.13. The van der Waals surface area contributed by atoms with Crippen molar-refractivity contribution >= 4 is 33.0 Å². The number of aryl methyl sites for hydroxylation is 1. The molecule has 0 atom stereocenters. The number of benzene rings is 1. The molecule has 2 aromatic heterocycles. The molecule has 0 aliphatic rings. The second-order valence-corrected chi connectivity index (χ2v) is 5.88. The zero-order chi connectivity index (χ0) is 15.7. The average Bonchev–Trinajstić information content (AvgIpc) is 2.94. The van der Waals surface area contributed by atoms with Crippen LogP contribution in [0.4, 0.5) is 0 Å². The lowest BCUT2D eigenvalue weighted by Crippen LogP contribution is -2.06. The Morgan fingerprint density at radius 3 is 2.82 bits per heavy atom. The van der Waals surface area contributed by atoms with E-state index >= 15 is 0 Å². The number of carbonyl (C=O) groups excluding carboxylic acids is 1. The van der Waals surface area contributed by atoms with Crippen LogP contribution in [0, 0.1) is 6.92 Å². The second kappa shape index (κ2) is 5.73. The number of hydrogen-bond donors (Lipinski definition) is 0. The van der Waals surface area contributed by atoms with Gasteiger partial charge in [0.2, 0.25) is 0 Å². The van der Waals surface area contributed by atoms with E-state index < -0.39 is 0 Å². The summed E-state index contributed by atoms with van der Waals surface area (Å²) < 4.78 is 5.93. The molecule has 3 nitrogen and oxygen atoms in total. The first-order valence-corrected chi connectivity index (χ1v) is 7.70. The van der Waals surface area contributed by atoms with E-state index in [-0.39, 0.29) is 5.97 Å². The summed E-state index contributed by atoms with van der Waals surface area (Å²) in [5.74, 6) is -0.340. The van der Waals surface area contributed by atoms with Crippen molar-refractivity contribution in [3.8, 4) is 0 Å². The highest BCUT2D eigenvalue weighted by Gasteiger charge is 2.20. The van der Waals surface area contributed by atoms with Crippen molar-refractivity contribution in [1.82, 2.24) is 4.98 Å². The van der Waals surface area contributed by atoms with E-state index in [2.05, 4.69) is 11.6 Å². The second-order valence-electron chi connectivity index (χ2n) is 5.00. The SMILES string of the molecule is C=C(c1cccnc1)c1ccc2c(C)csc2c1C(=O)OC. The van der Waals surface area contributed by atoms with Gasteiger partial charge in [-0.15, -0.1) is 11.3 Å². The summed E-state index contributed by atoms with van der Waals surface area (Å²) >= 11 is 1.55. The number of thiophene rings is 1.